The zero-order valence-corrected chi connectivity index (χ0v) is 10.6. The number of rotatable bonds is 6. The topological polar surface area (TPSA) is 85.2 Å². The first-order valence-electron chi connectivity index (χ1n) is 6.08. The van der Waals surface area contributed by atoms with Crippen LogP contribution in [-0.2, 0) is 19.0 Å². The van der Waals surface area contributed by atoms with Gasteiger partial charge in [0.15, 0.2) is 13.6 Å². The summed E-state index contributed by atoms with van der Waals surface area (Å²) in [6.07, 6.45) is 4.98. The molecule has 1 aliphatic carbocycles. The summed E-state index contributed by atoms with van der Waals surface area (Å²) in [6.45, 7) is 0.193. The minimum absolute atomic E-state index is 0.0642. The fourth-order valence-corrected chi connectivity index (χ4v) is 1.88. The van der Waals surface area contributed by atoms with Gasteiger partial charge in [-0.25, -0.2) is 4.79 Å². The standard InChI is InChI=1S/C12H20O6/c1-9(12(16-7-13)17-8-14)11(15)18-10-5-3-2-4-6-10/h10,13-14H,2-8H2,1H3. The van der Waals surface area contributed by atoms with Crippen molar-refractivity contribution in [3.8, 4) is 0 Å². The molecule has 0 radical (unpaired) electrons. The highest BCUT2D eigenvalue weighted by Crippen LogP contribution is 2.21. The summed E-state index contributed by atoms with van der Waals surface area (Å²) < 4.78 is 14.7. The number of carbonyl (C=O) groups is 1. The maximum atomic E-state index is 11.8. The molecule has 0 aliphatic heterocycles. The van der Waals surface area contributed by atoms with Crippen molar-refractivity contribution in [2.45, 2.75) is 45.1 Å². The number of esters is 1. The van der Waals surface area contributed by atoms with Gasteiger partial charge in [-0.1, -0.05) is 6.42 Å². The van der Waals surface area contributed by atoms with Gasteiger partial charge in [0.05, 0.1) is 0 Å². The first kappa shape index (κ1) is 14.8. The largest absolute Gasteiger partial charge is 0.459 e. The van der Waals surface area contributed by atoms with Gasteiger partial charge in [0.25, 0.3) is 5.95 Å². The number of aliphatic hydroxyl groups is 2. The van der Waals surface area contributed by atoms with Gasteiger partial charge in [-0.15, -0.1) is 0 Å². The lowest BCUT2D eigenvalue weighted by Gasteiger charge is -2.22. The number of ether oxygens (including phenoxy) is 3. The number of hydrogen-bond donors (Lipinski definition) is 2. The third kappa shape index (κ3) is 4.54. The van der Waals surface area contributed by atoms with Crippen LogP contribution in [0.25, 0.3) is 0 Å². The molecule has 0 amide bonds. The smallest absolute Gasteiger partial charge is 0.341 e. The molecule has 1 aliphatic rings. The Morgan fingerprint density at radius 1 is 1.11 bits per heavy atom. The first-order valence-corrected chi connectivity index (χ1v) is 6.08. The molecular formula is C12H20O6. The summed E-state index contributed by atoms with van der Waals surface area (Å²) in [6, 6.07) is 0. The van der Waals surface area contributed by atoms with Crippen molar-refractivity contribution >= 4 is 5.97 Å². The van der Waals surface area contributed by atoms with Crippen LogP contribution >= 0.6 is 0 Å². The summed E-state index contributed by atoms with van der Waals surface area (Å²) in [5.41, 5.74) is 0.101. The fourth-order valence-electron chi connectivity index (χ4n) is 1.88. The molecule has 0 atom stereocenters. The van der Waals surface area contributed by atoms with Gasteiger partial charge in [-0.05, 0) is 32.6 Å². The maximum absolute atomic E-state index is 11.8. The molecule has 1 saturated carbocycles. The molecular weight excluding hydrogens is 240 g/mol. The highest BCUT2D eigenvalue weighted by atomic mass is 16.7. The van der Waals surface area contributed by atoms with E-state index < -0.39 is 19.6 Å². The van der Waals surface area contributed by atoms with Crippen LogP contribution in [0.4, 0.5) is 0 Å². The molecule has 104 valence electrons. The van der Waals surface area contributed by atoms with E-state index >= 15 is 0 Å². The predicted molar refractivity (Wildman–Crippen MR) is 62.0 cm³/mol. The fraction of sp³-hybridized carbons (Fsp3) is 0.750. The molecule has 0 aromatic heterocycles. The van der Waals surface area contributed by atoms with E-state index in [2.05, 4.69) is 0 Å². The van der Waals surface area contributed by atoms with Crippen LogP contribution in [0, 0.1) is 0 Å². The van der Waals surface area contributed by atoms with Crippen molar-refractivity contribution in [1.82, 2.24) is 0 Å². The van der Waals surface area contributed by atoms with Crippen LogP contribution in [0.3, 0.4) is 0 Å². The molecule has 6 nitrogen and oxygen atoms in total. The Labute approximate surface area is 106 Å². The molecule has 18 heavy (non-hydrogen) atoms. The van der Waals surface area contributed by atoms with E-state index in [0.717, 1.165) is 25.7 Å². The molecule has 0 saturated heterocycles. The van der Waals surface area contributed by atoms with Crippen LogP contribution in [0.2, 0.25) is 0 Å². The van der Waals surface area contributed by atoms with E-state index in [0.29, 0.717) is 0 Å². The lowest BCUT2D eigenvalue weighted by Crippen LogP contribution is -2.22. The minimum atomic E-state index is -0.636. The van der Waals surface area contributed by atoms with Gasteiger partial charge in [0, 0.05) is 0 Å². The van der Waals surface area contributed by atoms with Crippen LogP contribution in [-0.4, -0.2) is 35.9 Å². The van der Waals surface area contributed by atoms with Gasteiger partial charge in [-0.2, -0.15) is 0 Å². The Bertz CT molecular complexity index is 285. The molecule has 1 rings (SSSR count). The van der Waals surface area contributed by atoms with Gasteiger partial charge in [-0.3, -0.25) is 0 Å². The predicted octanol–water partition coefficient (Wildman–Crippen LogP) is 1.03. The monoisotopic (exact) mass is 260 g/mol. The second-order valence-corrected chi connectivity index (χ2v) is 4.12. The summed E-state index contributed by atoms with van der Waals surface area (Å²) >= 11 is 0. The van der Waals surface area contributed by atoms with E-state index in [1.165, 1.54) is 13.3 Å². The van der Waals surface area contributed by atoms with Gasteiger partial charge >= 0.3 is 5.97 Å². The van der Waals surface area contributed by atoms with Crippen LogP contribution in [0.1, 0.15) is 39.0 Å². The molecule has 2 N–H and O–H groups in total. The van der Waals surface area contributed by atoms with Crippen molar-refractivity contribution in [3.05, 3.63) is 11.5 Å². The summed E-state index contributed by atoms with van der Waals surface area (Å²) in [4.78, 5) is 11.8. The van der Waals surface area contributed by atoms with E-state index in [9.17, 15) is 4.79 Å². The second kappa shape index (κ2) is 7.94. The molecule has 1 fully saturated rings. The van der Waals surface area contributed by atoms with Crippen molar-refractivity contribution in [1.29, 1.82) is 0 Å². The second-order valence-electron chi connectivity index (χ2n) is 4.12. The highest BCUT2D eigenvalue weighted by molar-refractivity contribution is 5.88. The normalized spacial score (nSPS) is 15.9. The Hall–Kier alpha value is -1.27. The van der Waals surface area contributed by atoms with E-state index in [4.69, 9.17) is 24.4 Å². The highest BCUT2D eigenvalue weighted by Gasteiger charge is 2.21. The first-order chi connectivity index (χ1) is 8.69. The van der Waals surface area contributed by atoms with Gasteiger partial charge in [0.2, 0.25) is 0 Å². The van der Waals surface area contributed by atoms with Crippen molar-refractivity contribution in [2.75, 3.05) is 13.6 Å². The molecule has 0 aromatic rings. The average molecular weight is 260 g/mol. The van der Waals surface area contributed by atoms with Crippen molar-refractivity contribution < 1.29 is 29.2 Å². The Morgan fingerprint density at radius 3 is 2.17 bits per heavy atom. The SMILES string of the molecule is CC(C(=O)OC1CCCCC1)=C(OCO)OCO. The third-order valence-electron chi connectivity index (χ3n) is 2.83. The average Bonchev–Trinajstić information content (AvgIpc) is 2.39. The Kier molecular flexibility index (Phi) is 6.53. The summed E-state index contributed by atoms with van der Waals surface area (Å²) in [5, 5.41) is 17.3. The molecule has 0 spiro atoms. The van der Waals surface area contributed by atoms with E-state index in [1.807, 2.05) is 0 Å². The summed E-state index contributed by atoms with van der Waals surface area (Å²) in [7, 11) is 0. The van der Waals surface area contributed by atoms with Gasteiger partial charge < -0.3 is 24.4 Å². The van der Waals surface area contributed by atoms with Crippen LogP contribution in [0.5, 0.6) is 0 Å². The zero-order valence-electron chi connectivity index (χ0n) is 10.6. The summed E-state index contributed by atoms with van der Waals surface area (Å²) in [5.74, 6) is -0.750. The molecule has 0 bridgehead atoms. The third-order valence-corrected chi connectivity index (χ3v) is 2.83. The van der Waals surface area contributed by atoms with Crippen LogP contribution < -0.4 is 0 Å². The van der Waals surface area contributed by atoms with Crippen LogP contribution in [0.15, 0.2) is 11.5 Å². The van der Waals surface area contributed by atoms with E-state index in [-0.39, 0.29) is 17.6 Å². The molecule has 0 unspecified atom stereocenters. The number of carbonyl (C=O) groups excluding carboxylic acids is 1. The minimum Gasteiger partial charge on any atom is -0.459 e. The lowest BCUT2D eigenvalue weighted by molar-refractivity contribution is -0.147. The van der Waals surface area contributed by atoms with Crippen molar-refractivity contribution in [2.24, 2.45) is 0 Å². The van der Waals surface area contributed by atoms with Gasteiger partial charge in [0.1, 0.15) is 11.7 Å². The number of aliphatic hydroxyl groups excluding tert-OH is 2. The zero-order chi connectivity index (χ0) is 13.4. The Morgan fingerprint density at radius 2 is 1.67 bits per heavy atom. The van der Waals surface area contributed by atoms with Crippen molar-refractivity contribution in [3.63, 3.8) is 0 Å². The number of hydrogen-bond acceptors (Lipinski definition) is 6. The molecule has 6 heteroatoms. The van der Waals surface area contributed by atoms with E-state index in [1.54, 1.807) is 0 Å². The molecule has 0 aromatic carbocycles. The molecule has 0 heterocycles. The quantitative estimate of drug-likeness (QED) is 0.321. The Balaban J connectivity index is 2.58. The lowest BCUT2D eigenvalue weighted by atomic mass is 9.98. The maximum Gasteiger partial charge on any atom is 0.341 e.